The van der Waals surface area contributed by atoms with Gasteiger partial charge in [0.15, 0.2) is 0 Å². The van der Waals surface area contributed by atoms with Gasteiger partial charge in [-0.05, 0) is 11.6 Å². The third-order valence-electron chi connectivity index (χ3n) is 1.84. The van der Waals surface area contributed by atoms with Crippen LogP contribution in [0.15, 0.2) is 22.7 Å². The molecule has 15 heavy (non-hydrogen) atoms. The molecule has 0 spiro atoms. The Morgan fingerprint density at radius 2 is 2.00 bits per heavy atom. The van der Waals surface area contributed by atoms with Crippen molar-refractivity contribution in [3.63, 3.8) is 0 Å². The van der Waals surface area contributed by atoms with Crippen molar-refractivity contribution >= 4 is 24.3 Å². The molecule has 4 N–H and O–H groups in total. The fourth-order valence-corrected chi connectivity index (χ4v) is 2.28. The highest BCUT2D eigenvalue weighted by Gasteiger charge is 2.42. The van der Waals surface area contributed by atoms with Crippen LogP contribution in [0.4, 0.5) is 8.78 Å². The maximum Gasteiger partial charge on any atom is 0.340 e. The van der Waals surface area contributed by atoms with E-state index in [0.29, 0.717) is 5.56 Å². The van der Waals surface area contributed by atoms with Crippen LogP contribution in [-0.4, -0.2) is 9.79 Å². The molecule has 0 aliphatic heterocycles. The van der Waals surface area contributed by atoms with Gasteiger partial charge in [0.1, 0.15) is 0 Å². The first-order valence-corrected chi connectivity index (χ1v) is 5.98. The summed E-state index contributed by atoms with van der Waals surface area (Å²) in [5.74, 6) is 0. The Labute approximate surface area is 95.0 Å². The first-order valence-electron chi connectivity index (χ1n) is 3.94. The van der Waals surface area contributed by atoms with E-state index in [1.807, 2.05) is 0 Å². The lowest BCUT2D eigenvalue weighted by Gasteiger charge is -2.19. The monoisotopic (exact) mass is 299 g/mol. The van der Waals surface area contributed by atoms with Crippen LogP contribution in [0.3, 0.4) is 0 Å². The van der Waals surface area contributed by atoms with E-state index in [9.17, 15) is 8.78 Å². The van der Waals surface area contributed by atoms with Crippen molar-refractivity contribution in [2.45, 2.75) is 12.2 Å². The van der Waals surface area contributed by atoms with E-state index in [1.165, 1.54) is 12.1 Å². The Morgan fingerprint density at radius 1 is 1.40 bits per heavy atom. The second-order valence-corrected chi connectivity index (χ2v) is 4.84. The summed E-state index contributed by atoms with van der Waals surface area (Å²) in [6.45, 7) is 0.234. The summed E-state index contributed by atoms with van der Waals surface area (Å²) < 4.78 is 26.6. The predicted octanol–water partition coefficient (Wildman–Crippen LogP) is 2.25. The van der Waals surface area contributed by atoms with E-state index < -0.39 is 19.6 Å². The van der Waals surface area contributed by atoms with E-state index in [-0.39, 0.29) is 11.0 Å². The van der Waals surface area contributed by atoms with Crippen molar-refractivity contribution in [3.05, 3.63) is 33.8 Å². The summed E-state index contributed by atoms with van der Waals surface area (Å²) in [4.78, 5) is 17.2. The topological polar surface area (TPSA) is 66.5 Å². The van der Waals surface area contributed by atoms with E-state index in [2.05, 4.69) is 15.9 Å². The lowest BCUT2D eigenvalue weighted by Crippen LogP contribution is -2.12. The maximum absolute atomic E-state index is 13.2. The summed E-state index contributed by atoms with van der Waals surface area (Å²) in [6.07, 6.45) is 0. The number of hydrogen-bond acceptors (Lipinski definition) is 3. The van der Waals surface area contributed by atoms with Crippen LogP contribution in [0.5, 0.6) is 0 Å². The quantitative estimate of drug-likeness (QED) is 0.750. The van der Waals surface area contributed by atoms with Crippen LogP contribution in [0.2, 0.25) is 0 Å². The normalized spacial score (nSPS) is 12.2. The molecular formula is C8H9BrF2NO2P. The molecule has 84 valence electrons. The summed E-state index contributed by atoms with van der Waals surface area (Å²) in [6, 6.07) is 3.99. The summed E-state index contributed by atoms with van der Waals surface area (Å²) in [7, 11) is -3.34. The summed E-state index contributed by atoms with van der Waals surface area (Å²) >= 11 is 2.94. The lowest BCUT2D eigenvalue weighted by atomic mass is 10.1. The van der Waals surface area contributed by atoms with Gasteiger partial charge < -0.3 is 15.5 Å². The number of rotatable bonds is 3. The van der Waals surface area contributed by atoms with E-state index in [4.69, 9.17) is 15.5 Å². The smallest absolute Gasteiger partial charge is 0.340 e. The molecule has 0 atom stereocenters. The van der Waals surface area contributed by atoms with Gasteiger partial charge in [-0.1, -0.05) is 28.1 Å². The van der Waals surface area contributed by atoms with E-state index >= 15 is 0 Å². The van der Waals surface area contributed by atoms with Crippen molar-refractivity contribution in [2.75, 3.05) is 0 Å². The standard InChI is InChI=1S/C8H9BrF2NO2P/c9-7-3-5(4-12)1-2-6(7)8(10,11)15(13)14/h1-3,13-14H,4,12H2. The highest BCUT2D eigenvalue weighted by molar-refractivity contribution is 9.10. The molecule has 1 rings (SSSR count). The minimum atomic E-state index is -3.64. The zero-order valence-electron chi connectivity index (χ0n) is 7.49. The molecule has 0 bridgehead atoms. The molecule has 1 aromatic rings. The molecule has 0 heterocycles. The molecule has 0 aliphatic carbocycles. The first kappa shape index (κ1) is 12.9. The minimum absolute atomic E-state index is 0.117. The van der Waals surface area contributed by atoms with Gasteiger partial charge in [0.05, 0.1) is 0 Å². The van der Waals surface area contributed by atoms with Crippen molar-refractivity contribution in [3.8, 4) is 0 Å². The second-order valence-electron chi connectivity index (χ2n) is 2.85. The lowest BCUT2D eigenvalue weighted by molar-refractivity contribution is 0.0724. The Kier molecular flexibility index (Phi) is 4.14. The van der Waals surface area contributed by atoms with E-state index in [0.717, 1.165) is 6.07 Å². The third-order valence-corrected chi connectivity index (χ3v) is 3.24. The van der Waals surface area contributed by atoms with Crippen LogP contribution in [0.1, 0.15) is 11.1 Å². The molecule has 0 radical (unpaired) electrons. The number of alkyl halides is 2. The number of nitrogens with two attached hydrogens (primary N) is 1. The highest BCUT2D eigenvalue weighted by atomic mass is 79.9. The number of benzene rings is 1. The van der Waals surface area contributed by atoms with Gasteiger partial charge >= 0.3 is 5.66 Å². The zero-order chi connectivity index (χ0) is 11.6. The Bertz CT molecular complexity index is 362. The van der Waals surface area contributed by atoms with Crippen molar-refractivity contribution in [1.29, 1.82) is 0 Å². The van der Waals surface area contributed by atoms with Crippen LogP contribution < -0.4 is 5.73 Å². The SMILES string of the molecule is NCc1ccc(C(F)(F)P(O)O)c(Br)c1. The Balaban J connectivity index is 3.16. The predicted molar refractivity (Wildman–Crippen MR) is 57.3 cm³/mol. The molecule has 0 saturated heterocycles. The van der Waals surface area contributed by atoms with Crippen LogP contribution >= 0.6 is 24.3 Å². The van der Waals surface area contributed by atoms with Gasteiger partial charge in [0.2, 0.25) is 8.38 Å². The molecular weight excluding hydrogens is 291 g/mol. The summed E-state index contributed by atoms with van der Waals surface area (Å²) in [5.41, 5.74) is 1.93. The number of halogens is 3. The Morgan fingerprint density at radius 3 is 2.40 bits per heavy atom. The fourth-order valence-electron chi connectivity index (χ4n) is 1.04. The average Bonchev–Trinajstić information content (AvgIpc) is 2.16. The molecule has 0 saturated carbocycles. The third kappa shape index (κ3) is 2.71. The molecule has 0 aliphatic rings. The van der Waals surface area contributed by atoms with Crippen molar-refractivity contribution in [1.82, 2.24) is 0 Å². The van der Waals surface area contributed by atoms with Gasteiger partial charge in [-0.3, -0.25) is 0 Å². The van der Waals surface area contributed by atoms with Crippen LogP contribution in [0, 0.1) is 0 Å². The van der Waals surface area contributed by atoms with E-state index in [1.54, 1.807) is 0 Å². The van der Waals surface area contributed by atoms with Gasteiger partial charge in [-0.15, -0.1) is 0 Å². The maximum atomic E-state index is 13.2. The molecule has 0 unspecified atom stereocenters. The minimum Gasteiger partial charge on any atom is -0.346 e. The van der Waals surface area contributed by atoms with Crippen LogP contribution in [-0.2, 0) is 12.2 Å². The molecule has 3 nitrogen and oxygen atoms in total. The molecule has 0 aromatic heterocycles. The van der Waals surface area contributed by atoms with Crippen molar-refractivity contribution in [2.24, 2.45) is 5.73 Å². The fraction of sp³-hybridized carbons (Fsp3) is 0.250. The zero-order valence-corrected chi connectivity index (χ0v) is 9.97. The molecule has 1 aromatic carbocycles. The Hall–Kier alpha value is -0.130. The second kappa shape index (κ2) is 4.80. The molecule has 0 amide bonds. The average molecular weight is 300 g/mol. The van der Waals surface area contributed by atoms with Gasteiger partial charge in [-0.2, -0.15) is 8.78 Å². The largest absolute Gasteiger partial charge is 0.346 e. The molecule has 0 fully saturated rings. The van der Waals surface area contributed by atoms with Gasteiger partial charge in [0.25, 0.3) is 0 Å². The molecule has 7 heteroatoms. The number of hydrogen-bond donors (Lipinski definition) is 3. The van der Waals surface area contributed by atoms with Crippen LogP contribution in [0.25, 0.3) is 0 Å². The summed E-state index contributed by atoms with van der Waals surface area (Å²) in [5, 5.41) is 0. The highest BCUT2D eigenvalue weighted by Crippen LogP contribution is 2.54. The van der Waals surface area contributed by atoms with Crippen molar-refractivity contribution < 1.29 is 18.6 Å². The van der Waals surface area contributed by atoms with Gasteiger partial charge in [0, 0.05) is 16.6 Å². The first-order chi connectivity index (χ1) is 6.89. The van der Waals surface area contributed by atoms with Gasteiger partial charge in [-0.25, -0.2) is 0 Å².